The van der Waals surface area contributed by atoms with E-state index < -0.39 is 0 Å². The summed E-state index contributed by atoms with van der Waals surface area (Å²) in [4.78, 5) is 15.9. The number of nitrogens with zero attached hydrogens (tertiary/aromatic N) is 4. The molecule has 7 heteroatoms. The van der Waals surface area contributed by atoms with Gasteiger partial charge >= 0.3 is 0 Å². The molecular weight excluding hydrogens is 439 g/mol. The van der Waals surface area contributed by atoms with Crippen molar-refractivity contribution in [2.75, 3.05) is 23.3 Å². The van der Waals surface area contributed by atoms with Crippen LogP contribution in [0.1, 0.15) is 35.4 Å². The first-order valence-electron chi connectivity index (χ1n) is 8.74. The predicted octanol–water partition coefficient (Wildman–Crippen LogP) is 3.55. The summed E-state index contributed by atoms with van der Waals surface area (Å²) in [6, 6.07) is 8.20. The van der Waals surface area contributed by atoms with Gasteiger partial charge in [-0.2, -0.15) is 0 Å². The summed E-state index contributed by atoms with van der Waals surface area (Å²) >= 11 is 0. The third-order valence-corrected chi connectivity index (χ3v) is 4.19. The van der Waals surface area contributed by atoms with Gasteiger partial charge in [-0.15, -0.1) is 24.0 Å². The van der Waals surface area contributed by atoms with Crippen molar-refractivity contribution in [1.82, 2.24) is 9.97 Å². The van der Waals surface area contributed by atoms with Crippen molar-refractivity contribution >= 4 is 41.6 Å². The smallest absolute Gasteiger partial charge is 0.225 e. The number of guanidine groups is 1. The summed E-state index contributed by atoms with van der Waals surface area (Å²) < 4.78 is 0. The minimum atomic E-state index is 0. The average molecular weight is 466 g/mol. The van der Waals surface area contributed by atoms with Gasteiger partial charge < -0.3 is 16.0 Å². The van der Waals surface area contributed by atoms with E-state index in [0.29, 0.717) is 12.5 Å². The summed E-state index contributed by atoms with van der Waals surface area (Å²) in [6.45, 7) is 8.62. The van der Waals surface area contributed by atoms with Crippen molar-refractivity contribution in [3.05, 3.63) is 46.8 Å². The van der Waals surface area contributed by atoms with Gasteiger partial charge in [0.1, 0.15) is 0 Å². The molecule has 3 rings (SSSR count). The Morgan fingerprint density at radius 3 is 2.38 bits per heavy atom. The van der Waals surface area contributed by atoms with E-state index in [9.17, 15) is 0 Å². The molecular formula is C19H27IN6. The van der Waals surface area contributed by atoms with Crippen LogP contribution < -0.4 is 16.0 Å². The molecule has 2 heterocycles. The first-order chi connectivity index (χ1) is 12.0. The molecule has 6 nitrogen and oxygen atoms in total. The van der Waals surface area contributed by atoms with Crippen molar-refractivity contribution in [2.24, 2.45) is 10.7 Å². The molecule has 0 amide bonds. The molecule has 0 radical (unpaired) electrons. The minimum Gasteiger partial charge on any atom is -0.370 e. The SMILES string of the molecule is Cc1cc(C)cc(NC(N)=NCc2cc(C)nc(N3CCCC3)n2)c1.I. The molecule has 1 aromatic carbocycles. The molecule has 0 spiro atoms. The number of nitrogens with one attached hydrogen (secondary N) is 1. The van der Waals surface area contributed by atoms with E-state index in [4.69, 9.17) is 5.73 Å². The molecule has 1 aliphatic heterocycles. The zero-order valence-corrected chi connectivity index (χ0v) is 17.9. The van der Waals surface area contributed by atoms with Crippen LogP contribution in [0.15, 0.2) is 29.3 Å². The monoisotopic (exact) mass is 466 g/mol. The number of anilines is 2. The first kappa shape index (κ1) is 20.4. The van der Waals surface area contributed by atoms with Crippen molar-refractivity contribution in [3.63, 3.8) is 0 Å². The molecule has 0 bridgehead atoms. The standard InChI is InChI=1S/C19H26N6.HI/c1-13-8-14(2)10-16(9-13)23-18(20)21-12-17-11-15(3)22-19(24-17)25-6-4-5-7-25;/h8-11H,4-7,12H2,1-3H3,(H3,20,21,23);1H. The number of aliphatic imine (C=N–C) groups is 1. The van der Waals surface area contributed by atoms with Crippen LogP contribution in [0.5, 0.6) is 0 Å². The Labute approximate surface area is 172 Å². The molecule has 26 heavy (non-hydrogen) atoms. The lowest BCUT2D eigenvalue weighted by atomic mass is 10.1. The van der Waals surface area contributed by atoms with E-state index in [1.807, 2.05) is 13.0 Å². The van der Waals surface area contributed by atoms with Crippen LogP contribution in [0.4, 0.5) is 11.6 Å². The summed E-state index contributed by atoms with van der Waals surface area (Å²) in [5.41, 5.74) is 11.2. The Morgan fingerprint density at radius 2 is 1.73 bits per heavy atom. The summed E-state index contributed by atoms with van der Waals surface area (Å²) in [6.07, 6.45) is 2.41. The maximum atomic E-state index is 6.04. The molecule has 0 saturated carbocycles. The third-order valence-electron chi connectivity index (χ3n) is 4.19. The molecule has 3 N–H and O–H groups in total. The second-order valence-electron chi connectivity index (χ2n) is 6.70. The fourth-order valence-electron chi connectivity index (χ4n) is 3.16. The van der Waals surface area contributed by atoms with E-state index in [-0.39, 0.29) is 24.0 Å². The van der Waals surface area contributed by atoms with Gasteiger partial charge in [0.15, 0.2) is 5.96 Å². The Bertz CT molecular complexity index is 763. The van der Waals surface area contributed by atoms with Gasteiger partial charge in [-0.05, 0) is 62.9 Å². The van der Waals surface area contributed by atoms with Gasteiger partial charge in [0.05, 0.1) is 12.2 Å². The number of hydrogen-bond acceptors (Lipinski definition) is 4. The largest absolute Gasteiger partial charge is 0.370 e. The lowest BCUT2D eigenvalue weighted by molar-refractivity contribution is 0.857. The Morgan fingerprint density at radius 1 is 1.08 bits per heavy atom. The average Bonchev–Trinajstić information content (AvgIpc) is 3.06. The van der Waals surface area contributed by atoms with E-state index >= 15 is 0 Å². The number of aromatic nitrogens is 2. The fourth-order valence-corrected chi connectivity index (χ4v) is 3.16. The van der Waals surface area contributed by atoms with Gasteiger partial charge in [-0.25, -0.2) is 15.0 Å². The molecule has 1 aliphatic rings. The number of nitrogens with two attached hydrogens (primary N) is 1. The lowest BCUT2D eigenvalue weighted by Gasteiger charge is -2.16. The van der Waals surface area contributed by atoms with Gasteiger partial charge in [0.2, 0.25) is 5.95 Å². The normalized spacial score (nSPS) is 14.3. The van der Waals surface area contributed by atoms with Crippen LogP contribution in [-0.4, -0.2) is 29.0 Å². The zero-order chi connectivity index (χ0) is 17.8. The maximum absolute atomic E-state index is 6.04. The summed E-state index contributed by atoms with van der Waals surface area (Å²) in [7, 11) is 0. The molecule has 2 aromatic rings. The Balaban J connectivity index is 0.00000243. The van der Waals surface area contributed by atoms with Gasteiger partial charge in [0, 0.05) is 24.5 Å². The van der Waals surface area contributed by atoms with Crippen LogP contribution >= 0.6 is 24.0 Å². The van der Waals surface area contributed by atoms with Gasteiger partial charge in [-0.3, -0.25) is 0 Å². The van der Waals surface area contributed by atoms with Crippen molar-refractivity contribution in [3.8, 4) is 0 Å². The fraction of sp³-hybridized carbons (Fsp3) is 0.421. The van der Waals surface area contributed by atoms with Gasteiger partial charge in [0.25, 0.3) is 0 Å². The van der Waals surface area contributed by atoms with Crippen LogP contribution in [0, 0.1) is 20.8 Å². The molecule has 0 aliphatic carbocycles. The Hall–Kier alpha value is -1.90. The first-order valence-corrected chi connectivity index (χ1v) is 8.74. The molecule has 1 saturated heterocycles. The van der Waals surface area contributed by atoms with Crippen LogP contribution in [0.2, 0.25) is 0 Å². The van der Waals surface area contributed by atoms with E-state index in [1.165, 1.54) is 24.0 Å². The van der Waals surface area contributed by atoms with E-state index in [1.54, 1.807) is 0 Å². The number of aryl methyl sites for hydroxylation is 3. The van der Waals surface area contributed by atoms with Gasteiger partial charge in [-0.1, -0.05) is 6.07 Å². The highest BCUT2D eigenvalue weighted by atomic mass is 127. The Kier molecular flexibility index (Phi) is 7.19. The van der Waals surface area contributed by atoms with Crippen LogP contribution in [-0.2, 0) is 6.54 Å². The van der Waals surface area contributed by atoms with E-state index in [2.05, 4.69) is 57.2 Å². The molecule has 1 fully saturated rings. The lowest BCUT2D eigenvalue weighted by Crippen LogP contribution is -2.23. The third kappa shape index (κ3) is 5.55. The number of hydrogen-bond donors (Lipinski definition) is 2. The second-order valence-corrected chi connectivity index (χ2v) is 6.70. The molecule has 0 atom stereocenters. The van der Waals surface area contributed by atoms with Crippen molar-refractivity contribution in [1.29, 1.82) is 0 Å². The highest BCUT2D eigenvalue weighted by Crippen LogP contribution is 2.17. The number of benzene rings is 1. The van der Waals surface area contributed by atoms with Crippen LogP contribution in [0.3, 0.4) is 0 Å². The quantitative estimate of drug-likeness (QED) is 0.410. The summed E-state index contributed by atoms with van der Waals surface area (Å²) in [5, 5.41) is 3.15. The zero-order valence-electron chi connectivity index (χ0n) is 15.6. The van der Waals surface area contributed by atoms with Crippen molar-refractivity contribution in [2.45, 2.75) is 40.2 Å². The highest BCUT2D eigenvalue weighted by Gasteiger charge is 2.15. The van der Waals surface area contributed by atoms with Crippen molar-refractivity contribution < 1.29 is 0 Å². The number of halogens is 1. The molecule has 1 aromatic heterocycles. The highest BCUT2D eigenvalue weighted by molar-refractivity contribution is 14.0. The minimum absolute atomic E-state index is 0. The molecule has 140 valence electrons. The number of rotatable bonds is 4. The maximum Gasteiger partial charge on any atom is 0.225 e. The topological polar surface area (TPSA) is 79.4 Å². The van der Waals surface area contributed by atoms with E-state index in [0.717, 1.165) is 36.1 Å². The second kappa shape index (κ2) is 9.16. The summed E-state index contributed by atoms with van der Waals surface area (Å²) in [5.74, 6) is 1.20. The predicted molar refractivity (Wildman–Crippen MR) is 118 cm³/mol. The van der Waals surface area contributed by atoms with Crippen LogP contribution in [0.25, 0.3) is 0 Å². The molecule has 0 unspecified atom stereocenters.